The summed E-state index contributed by atoms with van der Waals surface area (Å²) in [7, 11) is -3.94. The van der Waals surface area contributed by atoms with Crippen LogP contribution in [-0.2, 0) is 20.2 Å². The molecule has 1 aliphatic heterocycles. The van der Waals surface area contributed by atoms with Crippen molar-refractivity contribution in [2.24, 2.45) is 5.92 Å². The molecule has 0 unspecified atom stereocenters. The molecule has 0 radical (unpaired) electrons. The normalized spacial score (nSPS) is 18.6. The lowest BCUT2D eigenvalue weighted by atomic mass is 9.99. The Morgan fingerprint density at radius 2 is 1.87 bits per heavy atom. The van der Waals surface area contributed by atoms with Gasteiger partial charge in [-0.1, -0.05) is 11.6 Å². The third kappa shape index (κ3) is 4.65. The van der Waals surface area contributed by atoms with E-state index in [2.05, 4.69) is 4.72 Å². The molecule has 0 amide bonds. The summed E-state index contributed by atoms with van der Waals surface area (Å²) in [6, 6.07) is 3.02. The molecule has 0 aliphatic carbocycles. The highest BCUT2D eigenvalue weighted by atomic mass is 35.5. The number of halogens is 1. The lowest BCUT2D eigenvalue weighted by Gasteiger charge is -2.32. The SMILES string of the molecule is CN(C)S(=O)(=O)N1CCC(CNS(=O)(=O)c2ccc(Cl)s2)CC1. The van der Waals surface area contributed by atoms with Crippen molar-refractivity contribution in [1.29, 1.82) is 0 Å². The van der Waals surface area contributed by atoms with Gasteiger partial charge in [-0.05, 0) is 30.9 Å². The van der Waals surface area contributed by atoms with E-state index in [1.807, 2.05) is 0 Å². The Balaban J connectivity index is 1.88. The summed E-state index contributed by atoms with van der Waals surface area (Å²) in [4.78, 5) is 0. The van der Waals surface area contributed by atoms with Crippen molar-refractivity contribution in [2.45, 2.75) is 17.1 Å². The number of sulfonamides is 1. The van der Waals surface area contributed by atoms with Gasteiger partial charge in [-0.2, -0.15) is 17.0 Å². The van der Waals surface area contributed by atoms with Gasteiger partial charge in [-0.25, -0.2) is 13.1 Å². The highest BCUT2D eigenvalue weighted by molar-refractivity contribution is 7.91. The van der Waals surface area contributed by atoms with Crippen LogP contribution in [0.4, 0.5) is 0 Å². The van der Waals surface area contributed by atoms with Gasteiger partial charge in [-0.15, -0.1) is 11.3 Å². The molecule has 23 heavy (non-hydrogen) atoms. The number of rotatable bonds is 6. The van der Waals surface area contributed by atoms with Gasteiger partial charge >= 0.3 is 0 Å². The summed E-state index contributed by atoms with van der Waals surface area (Å²) in [6.07, 6.45) is 1.25. The van der Waals surface area contributed by atoms with Crippen LogP contribution in [0, 0.1) is 5.92 Å². The molecule has 1 fully saturated rings. The van der Waals surface area contributed by atoms with Gasteiger partial charge in [0.2, 0.25) is 10.0 Å². The lowest BCUT2D eigenvalue weighted by molar-refractivity contribution is 0.263. The summed E-state index contributed by atoms with van der Waals surface area (Å²) < 4.78 is 54.1. The monoisotopic (exact) mass is 401 g/mol. The fraction of sp³-hybridized carbons (Fsp3) is 0.667. The molecule has 2 rings (SSSR count). The number of nitrogens with zero attached hydrogens (tertiary/aromatic N) is 2. The molecule has 1 aromatic heterocycles. The highest BCUT2D eigenvalue weighted by Gasteiger charge is 2.30. The maximum absolute atomic E-state index is 12.1. The first kappa shape index (κ1) is 19.1. The minimum Gasteiger partial charge on any atom is -0.210 e. The fourth-order valence-corrected chi connectivity index (χ4v) is 6.09. The Morgan fingerprint density at radius 3 is 2.35 bits per heavy atom. The van der Waals surface area contributed by atoms with E-state index in [0.717, 1.165) is 11.3 Å². The van der Waals surface area contributed by atoms with Crippen LogP contribution in [0.2, 0.25) is 4.34 Å². The van der Waals surface area contributed by atoms with Gasteiger partial charge in [0.05, 0.1) is 4.34 Å². The van der Waals surface area contributed by atoms with Crippen molar-refractivity contribution in [1.82, 2.24) is 13.3 Å². The van der Waals surface area contributed by atoms with Gasteiger partial charge < -0.3 is 0 Å². The summed E-state index contributed by atoms with van der Waals surface area (Å²) in [5.74, 6) is 0.119. The molecule has 1 aromatic rings. The zero-order chi connectivity index (χ0) is 17.3. The Kier molecular flexibility index (Phi) is 6.10. The van der Waals surface area contributed by atoms with Crippen LogP contribution >= 0.6 is 22.9 Å². The van der Waals surface area contributed by atoms with Crippen molar-refractivity contribution >= 4 is 43.2 Å². The standard InChI is InChI=1S/C12H20ClN3O4S3/c1-15(2)23(19,20)16-7-5-10(6-8-16)9-14-22(17,18)12-4-3-11(13)21-12/h3-4,10,14H,5-9H2,1-2H3. The Labute approximate surface area is 146 Å². The molecular weight excluding hydrogens is 382 g/mol. The third-order valence-electron chi connectivity index (χ3n) is 3.74. The molecule has 0 aromatic carbocycles. The molecule has 1 saturated heterocycles. The van der Waals surface area contributed by atoms with E-state index < -0.39 is 20.2 Å². The van der Waals surface area contributed by atoms with Gasteiger partial charge in [0.15, 0.2) is 0 Å². The lowest BCUT2D eigenvalue weighted by Crippen LogP contribution is -2.45. The molecule has 1 N–H and O–H groups in total. The predicted octanol–water partition coefficient (Wildman–Crippen LogP) is 1.20. The molecule has 2 heterocycles. The number of hydrogen-bond donors (Lipinski definition) is 1. The maximum atomic E-state index is 12.1. The largest absolute Gasteiger partial charge is 0.281 e. The van der Waals surface area contributed by atoms with Crippen molar-refractivity contribution in [2.75, 3.05) is 33.7 Å². The quantitative estimate of drug-likeness (QED) is 0.775. The molecule has 0 saturated carbocycles. The van der Waals surface area contributed by atoms with E-state index in [0.29, 0.717) is 36.8 Å². The van der Waals surface area contributed by atoms with Crippen LogP contribution in [0.1, 0.15) is 12.8 Å². The average molecular weight is 402 g/mol. The van der Waals surface area contributed by atoms with E-state index in [1.54, 1.807) is 6.07 Å². The summed E-state index contributed by atoms with van der Waals surface area (Å²) in [5.41, 5.74) is 0. The minimum atomic E-state index is -3.55. The smallest absolute Gasteiger partial charge is 0.210 e. The first-order valence-corrected chi connectivity index (χ1v) is 11.1. The molecule has 7 nitrogen and oxygen atoms in total. The topological polar surface area (TPSA) is 86.8 Å². The first-order chi connectivity index (χ1) is 10.6. The fourth-order valence-electron chi connectivity index (χ4n) is 2.32. The Bertz CT molecular complexity index is 737. The molecule has 0 spiro atoms. The van der Waals surface area contributed by atoms with Crippen LogP contribution < -0.4 is 4.72 Å². The van der Waals surface area contributed by atoms with E-state index >= 15 is 0 Å². The van der Waals surface area contributed by atoms with Crippen LogP contribution in [-0.4, -0.2) is 59.2 Å². The molecule has 132 valence electrons. The van der Waals surface area contributed by atoms with E-state index in [4.69, 9.17) is 11.6 Å². The van der Waals surface area contributed by atoms with Crippen LogP contribution in [0.15, 0.2) is 16.3 Å². The summed E-state index contributed by atoms with van der Waals surface area (Å²) in [6.45, 7) is 1.10. The maximum Gasteiger partial charge on any atom is 0.281 e. The third-order valence-corrected chi connectivity index (χ3v) is 8.82. The average Bonchev–Trinajstić information content (AvgIpc) is 2.93. The van der Waals surface area contributed by atoms with Crippen molar-refractivity contribution in [3.05, 3.63) is 16.5 Å². The summed E-state index contributed by atoms with van der Waals surface area (Å²) >= 11 is 6.77. The Hall–Kier alpha value is -0.230. The van der Waals surface area contributed by atoms with Crippen molar-refractivity contribution in [3.63, 3.8) is 0 Å². The van der Waals surface area contributed by atoms with Gasteiger partial charge in [-0.3, -0.25) is 0 Å². The second-order valence-electron chi connectivity index (χ2n) is 5.54. The number of piperidine rings is 1. The van der Waals surface area contributed by atoms with Crippen LogP contribution in [0.25, 0.3) is 0 Å². The molecule has 1 aliphatic rings. The molecule has 11 heteroatoms. The second-order valence-corrected chi connectivity index (χ2v) is 11.4. The van der Waals surface area contributed by atoms with Crippen LogP contribution in [0.3, 0.4) is 0 Å². The van der Waals surface area contributed by atoms with E-state index in [9.17, 15) is 16.8 Å². The molecular formula is C12H20ClN3O4S3. The summed E-state index contributed by atoms with van der Waals surface area (Å²) in [5, 5.41) is 0. The van der Waals surface area contributed by atoms with E-state index in [1.165, 1.54) is 28.8 Å². The second kappa shape index (κ2) is 7.34. The van der Waals surface area contributed by atoms with Crippen LogP contribution in [0.5, 0.6) is 0 Å². The number of nitrogens with one attached hydrogen (secondary N) is 1. The Morgan fingerprint density at radius 1 is 1.26 bits per heavy atom. The zero-order valence-corrected chi connectivity index (χ0v) is 16.1. The highest BCUT2D eigenvalue weighted by Crippen LogP contribution is 2.26. The minimum absolute atomic E-state index is 0.119. The first-order valence-electron chi connectivity index (χ1n) is 7.05. The number of hydrogen-bond acceptors (Lipinski definition) is 5. The molecule has 0 atom stereocenters. The van der Waals surface area contributed by atoms with Crippen molar-refractivity contribution in [3.8, 4) is 0 Å². The van der Waals surface area contributed by atoms with E-state index in [-0.39, 0.29) is 10.1 Å². The van der Waals surface area contributed by atoms with Crippen molar-refractivity contribution < 1.29 is 16.8 Å². The van der Waals surface area contributed by atoms with Gasteiger partial charge in [0, 0.05) is 33.7 Å². The van der Waals surface area contributed by atoms with Gasteiger partial charge in [0.1, 0.15) is 4.21 Å². The molecule has 0 bridgehead atoms. The van der Waals surface area contributed by atoms with Gasteiger partial charge in [0.25, 0.3) is 10.2 Å². The number of thiophene rings is 1. The zero-order valence-electron chi connectivity index (χ0n) is 12.9. The predicted molar refractivity (Wildman–Crippen MR) is 91.4 cm³/mol.